The van der Waals surface area contributed by atoms with Gasteiger partial charge in [0.05, 0.1) is 5.75 Å². The van der Waals surface area contributed by atoms with Gasteiger partial charge in [-0.1, -0.05) is 42.5 Å². The maximum atomic E-state index is 12.0. The van der Waals surface area contributed by atoms with Crippen LogP contribution in [0.1, 0.15) is 16.7 Å². The predicted molar refractivity (Wildman–Crippen MR) is 93.3 cm³/mol. The number of hydrogen-bond donors (Lipinski definition) is 1. The Hall–Kier alpha value is -1.85. The fourth-order valence-electron chi connectivity index (χ4n) is 2.21. The number of hydrogen-bond acceptors (Lipinski definition) is 3. The zero-order valence-corrected chi connectivity index (χ0v) is 14.4. The van der Waals surface area contributed by atoms with Crippen LogP contribution in [-0.2, 0) is 16.4 Å². The van der Waals surface area contributed by atoms with Crippen LogP contribution >= 0.6 is 0 Å². The molecule has 1 N–H and O–H groups in total. The second kappa shape index (κ2) is 8.13. The zero-order chi connectivity index (χ0) is 16.7. The Bertz CT molecular complexity index is 727. The van der Waals surface area contributed by atoms with Gasteiger partial charge in [-0.3, -0.25) is 0 Å². The summed E-state index contributed by atoms with van der Waals surface area (Å²) in [5, 5.41) is 0. The van der Waals surface area contributed by atoms with Crippen LogP contribution < -0.4 is 9.46 Å². The lowest BCUT2D eigenvalue weighted by Gasteiger charge is -2.11. The van der Waals surface area contributed by atoms with Crippen LogP contribution in [0.3, 0.4) is 0 Å². The first-order chi connectivity index (χ1) is 11.0. The summed E-state index contributed by atoms with van der Waals surface area (Å²) in [6.07, 6.45) is 0.508. The van der Waals surface area contributed by atoms with Crippen LogP contribution in [0.2, 0.25) is 0 Å². The summed E-state index contributed by atoms with van der Waals surface area (Å²) in [5.74, 6) is 0.883. The molecule has 0 aliphatic heterocycles. The molecule has 0 amide bonds. The van der Waals surface area contributed by atoms with Crippen LogP contribution in [0.15, 0.2) is 48.5 Å². The van der Waals surface area contributed by atoms with E-state index >= 15 is 0 Å². The van der Waals surface area contributed by atoms with Crippen LogP contribution in [-0.4, -0.2) is 27.3 Å². The van der Waals surface area contributed by atoms with Gasteiger partial charge in [-0.05, 0) is 43.0 Å². The highest BCUT2D eigenvalue weighted by Gasteiger charge is 2.10. The maximum Gasteiger partial charge on any atom is 0.212 e. The molecule has 4 nitrogen and oxygen atoms in total. The van der Waals surface area contributed by atoms with Crippen molar-refractivity contribution < 1.29 is 13.2 Å². The molecule has 23 heavy (non-hydrogen) atoms. The van der Waals surface area contributed by atoms with E-state index in [4.69, 9.17) is 4.74 Å². The van der Waals surface area contributed by atoms with Crippen molar-refractivity contribution in [3.05, 3.63) is 65.2 Å². The van der Waals surface area contributed by atoms with Gasteiger partial charge in [0.25, 0.3) is 0 Å². The first-order valence-electron chi connectivity index (χ1n) is 7.68. The van der Waals surface area contributed by atoms with Crippen LogP contribution in [0.25, 0.3) is 0 Å². The SMILES string of the molecule is Cc1cccc(OCCNS(=O)(=O)CCc2ccccc2)c1C. The monoisotopic (exact) mass is 333 g/mol. The number of aryl methyl sites for hydroxylation is 2. The average molecular weight is 333 g/mol. The minimum absolute atomic E-state index is 0.0838. The second-order valence-electron chi connectivity index (χ2n) is 5.50. The summed E-state index contributed by atoms with van der Waals surface area (Å²) in [7, 11) is -3.28. The van der Waals surface area contributed by atoms with Gasteiger partial charge in [0.15, 0.2) is 0 Å². The minimum Gasteiger partial charge on any atom is -0.492 e. The van der Waals surface area contributed by atoms with E-state index in [9.17, 15) is 8.42 Å². The highest BCUT2D eigenvalue weighted by Crippen LogP contribution is 2.20. The average Bonchev–Trinajstić information content (AvgIpc) is 2.54. The third kappa shape index (κ3) is 5.69. The molecule has 2 aromatic rings. The topological polar surface area (TPSA) is 55.4 Å². The van der Waals surface area contributed by atoms with Crippen molar-refractivity contribution in [2.75, 3.05) is 18.9 Å². The van der Waals surface area contributed by atoms with Crippen molar-refractivity contribution in [2.45, 2.75) is 20.3 Å². The van der Waals surface area contributed by atoms with Crippen molar-refractivity contribution in [1.29, 1.82) is 0 Å². The van der Waals surface area contributed by atoms with Crippen LogP contribution in [0, 0.1) is 13.8 Å². The molecule has 0 radical (unpaired) electrons. The van der Waals surface area contributed by atoms with Gasteiger partial charge >= 0.3 is 0 Å². The Labute approximate surface area is 138 Å². The summed E-state index contributed by atoms with van der Waals surface area (Å²) >= 11 is 0. The van der Waals surface area contributed by atoms with Crippen molar-refractivity contribution in [1.82, 2.24) is 4.72 Å². The predicted octanol–water partition coefficient (Wildman–Crippen LogP) is 2.84. The molecule has 5 heteroatoms. The normalized spacial score (nSPS) is 11.4. The van der Waals surface area contributed by atoms with Crippen molar-refractivity contribution >= 4 is 10.0 Å². The second-order valence-corrected chi connectivity index (χ2v) is 7.42. The van der Waals surface area contributed by atoms with Crippen molar-refractivity contribution in [2.24, 2.45) is 0 Å². The van der Waals surface area contributed by atoms with E-state index in [0.29, 0.717) is 13.0 Å². The van der Waals surface area contributed by atoms with Gasteiger partial charge in [0.2, 0.25) is 10.0 Å². The van der Waals surface area contributed by atoms with E-state index < -0.39 is 10.0 Å². The number of sulfonamides is 1. The summed E-state index contributed by atoms with van der Waals surface area (Å²) in [5.41, 5.74) is 3.26. The van der Waals surface area contributed by atoms with E-state index in [1.165, 1.54) is 0 Å². The van der Waals surface area contributed by atoms with E-state index in [1.807, 2.05) is 62.4 Å². The summed E-state index contributed by atoms with van der Waals surface area (Å²) in [6, 6.07) is 15.4. The standard InChI is InChI=1S/C18H23NO3S/c1-15-7-6-10-18(16(15)2)22-13-12-19-23(20,21)14-11-17-8-4-3-5-9-17/h3-10,19H,11-14H2,1-2H3. The van der Waals surface area contributed by atoms with Crippen molar-refractivity contribution in [3.8, 4) is 5.75 Å². The number of nitrogens with one attached hydrogen (secondary N) is 1. The molecule has 0 aromatic heterocycles. The van der Waals surface area contributed by atoms with E-state index in [1.54, 1.807) is 0 Å². The molecule has 0 saturated heterocycles. The summed E-state index contributed by atoms with van der Waals surface area (Å²) < 4.78 is 32.2. The molecule has 0 spiro atoms. The maximum absolute atomic E-state index is 12.0. The molecule has 0 fully saturated rings. The highest BCUT2D eigenvalue weighted by atomic mass is 32.2. The molecular formula is C18H23NO3S. The lowest BCUT2D eigenvalue weighted by atomic mass is 10.1. The van der Waals surface area contributed by atoms with Gasteiger partial charge in [-0.25, -0.2) is 13.1 Å². The molecule has 0 atom stereocenters. The fourth-order valence-corrected chi connectivity index (χ4v) is 3.25. The van der Waals surface area contributed by atoms with Crippen molar-refractivity contribution in [3.63, 3.8) is 0 Å². The highest BCUT2D eigenvalue weighted by molar-refractivity contribution is 7.89. The number of rotatable bonds is 8. The summed E-state index contributed by atoms with van der Waals surface area (Å²) in [6.45, 7) is 4.60. The smallest absolute Gasteiger partial charge is 0.212 e. The molecule has 0 bridgehead atoms. The third-order valence-electron chi connectivity index (χ3n) is 3.74. The van der Waals surface area contributed by atoms with Gasteiger partial charge < -0.3 is 4.74 Å². The molecular weight excluding hydrogens is 310 g/mol. The van der Waals surface area contributed by atoms with Gasteiger partial charge in [0, 0.05) is 6.54 Å². The largest absolute Gasteiger partial charge is 0.492 e. The van der Waals surface area contributed by atoms with Gasteiger partial charge in [-0.15, -0.1) is 0 Å². The third-order valence-corrected chi connectivity index (χ3v) is 5.12. The molecule has 0 unspecified atom stereocenters. The molecule has 0 aliphatic carbocycles. The molecule has 0 heterocycles. The molecule has 0 aliphatic rings. The minimum atomic E-state index is -3.28. The Kier molecular flexibility index (Phi) is 6.19. The number of ether oxygens (including phenoxy) is 1. The zero-order valence-electron chi connectivity index (χ0n) is 13.6. The Morgan fingerprint density at radius 2 is 1.74 bits per heavy atom. The summed E-state index contributed by atoms with van der Waals surface area (Å²) in [4.78, 5) is 0. The van der Waals surface area contributed by atoms with Crippen LogP contribution in [0.5, 0.6) is 5.75 Å². The lowest BCUT2D eigenvalue weighted by Crippen LogP contribution is -2.31. The molecule has 2 rings (SSSR count). The van der Waals surface area contributed by atoms with E-state index in [0.717, 1.165) is 22.4 Å². The van der Waals surface area contributed by atoms with Crippen LogP contribution in [0.4, 0.5) is 0 Å². The Morgan fingerprint density at radius 1 is 1.00 bits per heavy atom. The molecule has 2 aromatic carbocycles. The van der Waals surface area contributed by atoms with E-state index in [-0.39, 0.29) is 12.3 Å². The molecule has 0 saturated carbocycles. The van der Waals surface area contributed by atoms with Gasteiger partial charge in [-0.2, -0.15) is 0 Å². The fraction of sp³-hybridized carbons (Fsp3) is 0.333. The lowest BCUT2D eigenvalue weighted by molar-refractivity contribution is 0.320. The van der Waals surface area contributed by atoms with Gasteiger partial charge in [0.1, 0.15) is 12.4 Å². The Morgan fingerprint density at radius 3 is 2.48 bits per heavy atom. The number of benzene rings is 2. The Balaban J connectivity index is 1.75. The first-order valence-corrected chi connectivity index (χ1v) is 9.33. The molecule has 124 valence electrons. The van der Waals surface area contributed by atoms with E-state index in [2.05, 4.69) is 4.72 Å². The first kappa shape index (κ1) is 17.5. The quantitative estimate of drug-likeness (QED) is 0.756.